The average molecular weight is 967 g/mol. The number of aliphatic hydroxyl groups excluding tert-OH is 4. The highest BCUT2D eigenvalue weighted by atomic mass is 31.2. The van der Waals surface area contributed by atoms with Crippen LogP contribution in [-0.4, -0.2) is 103 Å². The third-order valence-corrected chi connectivity index (χ3v) is 12.4. The van der Waals surface area contributed by atoms with Crippen molar-refractivity contribution in [2.75, 3.05) is 13.2 Å². The quantitative estimate of drug-likeness (QED) is 0.0131. The SMILES string of the molecule is CCCCC/C=C\C/C=C\C/C=C\C/C=C\CCCC(=O)O[C@H](COC(=O)CCCCCCCCCCCCCCCCC)COP(=O)(O)O[C@H]1C(O)C(O)C(O)[C@@H](OP(=O)(O)O)C1O. The maximum absolute atomic E-state index is 13.0. The molecule has 65 heavy (non-hydrogen) atoms. The van der Waals surface area contributed by atoms with E-state index in [1.807, 2.05) is 12.2 Å². The molecule has 0 heterocycles. The number of hydrogen-bond acceptors (Lipinski definition) is 13. The van der Waals surface area contributed by atoms with Crippen molar-refractivity contribution < 1.29 is 76.9 Å². The molecule has 7 N–H and O–H groups in total. The second-order valence-electron chi connectivity index (χ2n) is 16.8. The van der Waals surface area contributed by atoms with Crippen LogP contribution in [0.4, 0.5) is 0 Å². The lowest BCUT2D eigenvalue weighted by atomic mass is 9.85. The first kappa shape index (κ1) is 61.0. The van der Waals surface area contributed by atoms with Gasteiger partial charge in [-0.1, -0.05) is 165 Å². The van der Waals surface area contributed by atoms with Gasteiger partial charge in [0, 0.05) is 12.8 Å². The lowest BCUT2D eigenvalue weighted by Gasteiger charge is -2.43. The molecule has 16 nitrogen and oxygen atoms in total. The summed E-state index contributed by atoms with van der Waals surface area (Å²) >= 11 is 0. The van der Waals surface area contributed by atoms with Gasteiger partial charge < -0.3 is 44.6 Å². The first-order valence-corrected chi connectivity index (χ1v) is 27.2. The summed E-state index contributed by atoms with van der Waals surface area (Å²) in [5.74, 6) is -1.27. The molecule has 5 unspecified atom stereocenters. The van der Waals surface area contributed by atoms with E-state index in [-0.39, 0.29) is 12.8 Å². The maximum Gasteiger partial charge on any atom is 0.472 e. The summed E-state index contributed by atoms with van der Waals surface area (Å²) in [7, 11) is -10.7. The lowest BCUT2D eigenvalue weighted by molar-refractivity contribution is -0.216. The Hall–Kier alpha value is -2.04. The van der Waals surface area contributed by atoms with Crippen molar-refractivity contribution in [2.45, 2.75) is 224 Å². The molecule has 0 aromatic carbocycles. The number of carbonyl (C=O) groups is 2. The number of phosphoric ester groups is 2. The fraction of sp³-hybridized carbons (Fsp3) is 0.787. The number of carbonyl (C=O) groups excluding carboxylic acids is 2. The third kappa shape index (κ3) is 32.4. The van der Waals surface area contributed by atoms with Gasteiger partial charge in [-0.25, -0.2) is 9.13 Å². The van der Waals surface area contributed by atoms with Crippen molar-refractivity contribution in [1.82, 2.24) is 0 Å². The fourth-order valence-corrected chi connectivity index (χ4v) is 8.68. The predicted octanol–water partition coefficient (Wildman–Crippen LogP) is 9.29. The minimum atomic E-state index is -5.37. The normalized spacial score (nSPS) is 22.0. The number of allylic oxidation sites excluding steroid dienone is 8. The highest BCUT2D eigenvalue weighted by molar-refractivity contribution is 7.47. The van der Waals surface area contributed by atoms with Crippen LogP contribution in [0.15, 0.2) is 48.6 Å². The Labute approximate surface area is 388 Å². The van der Waals surface area contributed by atoms with Gasteiger partial charge in [0.1, 0.15) is 43.2 Å². The number of unbranched alkanes of at least 4 members (excludes halogenated alkanes) is 18. The molecule has 0 aliphatic heterocycles. The number of hydrogen-bond donors (Lipinski definition) is 7. The van der Waals surface area contributed by atoms with Crippen molar-refractivity contribution in [2.24, 2.45) is 0 Å². The van der Waals surface area contributed by atoms with Gasteiger partial charge in [0.25, 0.3) is 0 Å². The second-order valence-corrected chi connectivity index (χ2v) is 19.4. The van der Waals surface area contributed by atoms with Crippen LogP contribution in [-0.2, 0) is 41.8 Å². The number of aliphatic hydroxyl groups is 4. The third-order valence-electron chi connectivity index (χ3n) is 10.9. The summed E-state index contributed by atoms with van der Waals surface area (Å²) in [6.07, 6.45) is 27.9. The standard InChI is InChI=1S/C47H84O16P2/c1-3-5-7-9-11-13-15-17-19-20-22-24-26-28-30-32-34-36-41(49)61-39(37-59-40(48)35-33-31-29-27-25-23-21-18-16-14-12-10-8-6-4-2)38-60-65(57,58)63-47-44(52)42(50)43(51)46(45(47)53)62-64(54,55)56/h11,13,17,19,22,24,28,30,39,42-47,50-53H,3-10,12,14-16,18,20-21,23,25-27,29,31-38H2,1-2H3,(H,57,58)(H2,54,55,56)/b13-11-,19-17-,24-22-,30-28-/t39-,42?,43?,44?,45?,46-,47+/m1/s1. The topological polar surface area (TPSA) is 256 Å². The van der Waals surface area contributed by atoms with Crippen LogP contribution in [0.25, 0.3) is 0 Å². The van der Waals surface area contributed by atoms with Gasteiger partial charge in [-0.05, 0) is 51.4 Å². The van der Waals surface area contributed by atoms with Gasteiger partial charge in [0.2, 0.25) is 0 Å². The molecule has 1 aliphatic carbocycles. The zero-order valence-electron chi connectivity index (χ0n) is 39.2. The Balaban J connectivity index is 2.63. The summed E-state index contributed by atoms with van der Waals surface area (Å²) in [5, 5.41) is 41.2. The minimum absolute atomic E-state index is 0.0312. The molecule has 0 amide bonds. The maximum atomic E-state index is 13.0. The zero-order chi connectivity index (χ0) is 48.2. The van der Waals surface area contributed by atoms with E-state index >= 15 is 0 Å². The van der Waals surface area contributed by atoms with Crippen molar-refractivity contribution in [3.63, 3.8) is 0 Å². The molecule has 0 spiro atoms. The molecule has 1 rings (SSSR count). The van der Waals surface area contributed by atoms with Gasteiger partial charge in [-0.15, -0.1) is 0 Å². The number of esters is 2. The Kier molecular flexibility index (Phi) is 35.5. The Bertz CT molecular complexity index is 1450. The molecule has 0 saturated heterocycles. The van der Waals surface area contributed by atoms with E-state index in [2.05, 4.69) is 54.8 Å². The molecule has 0 radical (unpaired) electrons. The summed E-state index contributed by atoms with van der Waals surface area (Å²) < 4.78 is 49.3. The van der Waals surface area contributed by atoms with Crippen LogP contribution in [0.1, 0.15) is 181 Å². The van der Waals surface area contributed by atoms with Gasteiger partial charge in [-0.2, -0.15) is 0 Å². The van der Waals surface area contributed by atoms with Crippen LogP contribution >= 0.6 is 15.6 Å². The predicted molar refractivity (Wildman–Crippen MR) is 250 cm³/mol. The van der Waals surface area contributed by atoms with E-state index in [1.165, 1.54) is 83.5 Å². The van der Waals surface area contributed by atoms with E-state index in [0.29, 0.717) is 19.3 Å². The highest BCUT2D eigenvalue weighted by Gasteiger charge is 2.54. The van der Waals surface area contributed by atoms with Crippen LogP contribution in [0, 0.1) is 0 Å². The molecule has 0 aromatic heterocycles. The Morgan fingerprint density at radius 2 is 0.908 bits per heavy atom. The van der Waals surface area contributed by atoms with E-state index in [4.69, 9.17) is 18.5 Å². The van der Waals surface area contributed by atoms with Gasteiger partial charge in [-0.3, -0.25) is 23.2 Å². The summed E-state index contributed by atoms with van der Waals surface area (Å²) in [4.78, 5) is 54.3. The summed E-state index contributed by atoms with van der Waals surface area (Å²) in [5.41, 5.74) is 0. The first-order chi connectivity index (χ1) is 31.1. The van der Waals surface area contributed by atoms with Gasteiger partial charge in [0.15, 0.2) is 6.10 Å². The molecule has 0 aromatic rings. The summed E-state index contributed by atoms with van der Waals surface area (Å²) in [6.45, 7) is 3.04. The Morgan fingerprint density at radius 3 is 1.40 bits per heavy atom. The zero-order valence-corrected chi connectivity index (χ0v) is 40.9. The minimum Gasteiger partial charge on any atom is -0.462 e. The van der Waals surface area contributed by atoms with Crippen molar-refractivity contribution >= 4 is 27.6 Å². The van der Waals surface area contributed by atoms with Crippen molar-refractivity contribution in [3.8, 4) is 0 Å². The van der Waals surface area contributed by atoms with Crippen molar-refractivity contribution in [1.29, 1.82) is 0 Å². The smallest absolute Gasteiger partial charge is 0.462 e. The number of rotatable bonds is 40. The van der Waals surface area contributed by atoms with Crippen LogP contribution in [0.3, 0.4) is 0 Å². The molecular formula is C47H84O16P2. The van der Waals surface area contributed by atoms with E-state index in [0.717, 1.165) is 51.4 Å². The summed E-state index contributed by atoms with van der Waals surface area (Å²) in [6, 6.07) is 0. The largest absolute Gasteiger partial charge is 0.472 e. The van der Waals surface area contributed by atoms with E-state index in [9.17, 15) is 53.8 Å². The monoisotopic (exact) mass is 967 g/mol. The van der Waals surface area contributed by atoms with Crippen LogP contribution in [0.5, 0.6) is 0 Å². The average Bonchev–Trinajstić information content (AvgIpc) is 3.26. The second kappa shape index (κ2) is 37.9. The fourth-order valence-electron chi connectivity index (χ4n) is 7.14. The van der Waals surface area contributed by atoms with Crippen molar-refractivity contribution in [3.05, 3.63) is 48.6 Å². The first-order valence-electron chi connectivity index (χ1n) is 24.2. The van der Waals surface area contributed by atoms with E-state index < -0.39 is 83.5 Å². The molecular weight excluding hydrogens is 882 g/mol. The molecule has 0 bridgehead atoms. The van der Waals surface area contributed by atoms with Crippen LogP contribution in [0.2, 0.25) is 0 Å². The molecule has 1 saturated carbocycles. The van der Waals surface area contributed by atoms with Gasteiger partial charge >= 0.3 is 27.6 Å². The van der Waals surface area contributed by atoms with E-state index in [1.54, 1.807) is 0 Å². The van der Waals surface area contributed by atoms with Crippen LogP contribution < -0.4 is 0 Å². The Morgan fingerprint density at radius 1 is 0.492 bits per heavy atom. The molecule has 8 atom stereocenters. The molecule has 1 aliphatic rings. The number of ether oxygens (including phenoxy) is 2. The molecule has 378 valence electrons. The van der Waals surface area contributed by atoms with Gasteiger partial charge in [0.05, 0.1) is 6.61 Å². The number of phosphoric acid groups is 2. The molecule has 1 fully saturated rings. The highest BCUT2D eigenvalue weighted by Crippen LogP contribution is 2.49. The lowest BCUT2D eigenvalue weighted by Crippen LogP contribution is -2.64. The molecule has 18 heteroatoms.